The number of hydrogen-bond donors (Lipinski definition) is 2. The van der Waals surface area contributed by atoms with Crippen molar-refractivity contribution in [3.8, 4) is 0 Å². The van der Waals surface area contributed by atoms with Crippen LogP contribution in [0.3, 0.4) is 0 Å². The molecule has 2 N–H and O–H groups in total. The van der Waals surface area contributed by atoms with Crippen LogP contribution in [0.25, 0.3) is 0 Å². The second-order valence-corrected chi connectivity index (χ2v) is 4.12. The zero-order valence-electron chi connectivity index (χ0n) is 9.36. The van der Waals surface area contributed by atoms with Crippen LogP contribution in [0.5, 0.6) is 0 Å². The molecule has 2 aliphatic rings. The topological polar surface area (TPSA) is 75.3 Å². The number of allylic oxidation sites excluding steroid dienone is 2. The molecule has 5 heteroatoms. The summed E-state index contributed by atoms with van der Waals surface area (Å²) in [5.41, 5.74) is 0.584. The van der Waals surface area contributed by atoms with Gasteiger partial charge in [-0.25, -0.2) is 0 Å². The highest BCUT2D eigenvalue weighted by atomic mass is 16.2. The Balaban J connectivity index is 1.94. The SMILES string of the molecule is O=C1CCC(NC(=O)C2=CCCC=C2)C(=O)N1. The van der Waals surface area contributed by atoms with Gasteiger partial charge in [0.2, 0.25) is 11.8 Å². The molecule has 1 heterocycles. The summed E-state index contributed by atoms with van der Waals surface area (Å²) in [6.07, 6.45) is 7.95. The average molecular weight is 234 g/mol. The maximum Gasteiger partial charge on any atom is 0.251 e. The van der Waals surface area contributed by atoms with Crippen LogP contribution in [0, 0.1) is 0 Å². The van der Waals surface area contributed by atoms with Gasteiger partial charge in [0, 0.05) is 12.0 Å². The van der Waals surface area contributed by atoms with Crippen LogP contribution in [-0.2, 0) is 14.4 Å². The third-order valence-electron chi connectivity index (χ3n) is 2.80. The van der Waals surface area contributed by atoms with Crippen LogP contribution in [0.15, 0.2) is 23.8 Å². The van der Waals surface area contributed by atoms with E-state index in [0.29, 0.717) is 12.0 Å². The molecule has 1 fully saturated rings. The highest BCUT2D eigenvalue weighted by molar-refractivity contribution is 6.04. The molecule has 5 nitrogen and oxygen atoms in total. The first-order chi connectivity index (χ1) is 8.16. The van der Waals surface area contributed by atoms with Crippen LogP contribution in [0.2, 0.25) is 0 Å². The summed E-state index contributed by atoms with van der Waals surface area (Å²) in [6, 6.07) is -0.601. The maximum absolute atomic E-state index is 11.8. The molecule has 0 radical (unpaired) electrons. The third kappa shape index (κ3) is 2.81. The third-order valence-corrected chi connectivity index (χ3v) is 2.80. The van der Waals surface area contributed by atoms with E-state index in [1.54, 1.807) is 6.08 Å². The Morgan fingerprint density at radius 1 is 1.35 bits per heavy atom. The Bertz CT molecular complexity index is 423. The molecule has 1 aliphatic heterocycles. The lowest BCUT2D eigenvalue weighted by Gasteiger charge is -2.22. The lowest BCUT2D eigenvalue weighted by Crippen LogP contribution is -2.52. The van der Waals surface area contributed by atoms with Crippen molar-refractivity contribution < 1.29 is 14.4 Å². The first kappa shape index (κ1) is 11.6. The Labute approximate surface area is 98.9 Å². The van der Waals surface area contributed by atoms with Gasteiger partial charge in [-0.2, -0.15) is 0 Å². The van der Waals surface area contributed by atoms with Gasteiger partial charge in [-0.1, -0.05) is 18.2 Å². The van der Waals surface area contributed by atoms with E-state index in [-0.39, 0.29) is 18.2 Å². The number of piperidine rings is 1. The van der Waals surface area contributed by atoms with Crippen molar-refractivity contribution in [2.75, 3.05) is 0 Å². The van der Waals surface area contributed by atoms with Crippen molar-refractivity contribution in [2.24, 2.45) is 0 Å². The minimum atomic E-state index is -0.601. The number of rotatable bonds is 2. The standard InChI is InChI=1S/C12H14N2O3/c15-10-7-6-9(12(17)14-10)13-11(16)8-4-2-1-3-5-8/h2,4-5,9H,1,3,6-7H2,(H,13,16)(H,14,15,17). The van der Waals surface area contributed by atoms with Gasteiger partial charge < -0.3 is 5.32 Å². The van der Waals surface area contributed by atoms with Gasteiger partial charge in [0.05, 0.1) is 0 Å². The van der Waals surface area contributed by atoms with E-state index in [0.717, 1.165) is 12.8 Å². The summed E-state index contributed by atoms with van der Waals surface area (Å²) in [5, 5.41) is 4.84. The van der Waals surface area contributed by atoms with Crippen molar-refractivity contribution in [3.63, 3.8) is 0 Å². The number of carbonyl (C=O) groups is 3. The highest BCUT2D eigenvalue weighted by Crippen LogP contribution is 2.11. The van der Waals surface area contributed by atoms with Crippen molar-refractivity contribution in [3.05, 3.63) is 23.8 Å². The molecule has 1 aliphatic carbocycles. The zero-order valence-corrected chi connectivity index (χ0v) is 9.36. The van der Waals surface area contributed by atoms with Crippen molar-refractivity contribution in [2.45, 2.75) is 31.7 Å². The van der Waals surface area contributed by atoms with Crippen LogP contribution in [0.4, 0.5) is 0 Å². The van der Waals surface area contributed by atoms with Crippen LogP contribution in [0.1, 0.15) is 25.7 Å². The number of imide groups is 1. The summed E-state index contributed by atoms with van der Waals surface area (Å²) < 4.78 is 0. The van der Waals surface area contributed by atoms with Crippen LogP contribution < -0.4 is 10.6 Å². The minimum absolute atomic E-state index is 0.254. The zero-order chi connectivity index (χ0) is 12.3. The quantitative estimate of drug-likeness (QED) is 0.669. The van der Waals surface area contributed by atoms with Crippen LogP contribution in [-0.4, -0.2) is 23.8 Å². The molecular weight excluding hydrogens is 220 g/mol. The van der Waals surface area contributed by atoms with Crippen molar-refractivity contribution in [1.29, 1.82) is 0 Å². The lowest BCUT2D eigenvalue weighted by atomic mass is 10.0. The molecular formula is C12H14N2O3. The molecule has 3 amide bonds. The lowest BCUT2D eigenvalue weighted by molar-refractivity contribution is -0.136. The fraction of sp³-hybridized carbons (Fsp3) is 0.417. The van der Waals surface area contributed by atoms with Gasteiger partial charge in [-0.15, -0.1) is 0 Å². The van der Waals surface area contributed by atoms with E-state index in [9.17, 15) is 14.4 Å². The second kappa shape index (κ2) is 4.95. The first-order valence-electron chi connectivity index (χ1n) is 5.68. The molecule has 0 aromatic heterocycles. The highest BCUT2D eigenvalue weighted by Gasteiger charge is 2.28. The summed E-state index contributed by atoms with van der Waals surface area (Å²) in [7, 11) is 0. The molecule has 1 saturated heterocycles. The predicted octanol–water partition coefficient (Wildman–Crippen LogP) is 0.184. The van der Waals surface area contributed by atoms with E-state index in [1.807, 2.05) is 12.2 Å². The van der Waals surface area contributed by atoms with E-state index in [1.165, 1.54) is 0 Å². The smallest absolute Gasteiger partial charge is 0.251 e. The number of carbonyl (C=O) groups excluding carboxylic acids is 3. The Kier molecular flexibility index (Phi) is 3.37. The second-order valence-electron chi connectivity index (χ2n) is 4.12. The molecule has 1 unspecified atom stereocenters. The Morgan fingerprint density at radius 3 is 2.82 bits per heavy atom. The predicted molar refractivity (Wildman–Crippen MR) is 60.8 cm³/mol. The average Bonchev–Trinajstić information content (AvgIpc) is 2.34. The minimum Gasteiger partial charge on any atom is -0.340 e. The van der Waals surface area contributed by atoms with E-state index in [4.69, 9.17) is 0 Å². The van der Waals surface area contributed by atoms with Gasteiger partial charge in [0.15, 0.2) is 0 Å². The fourth-order valence-electron chi connectivity index (χ4n) is 1.85. The Morgan fingerprint density at radius 2 is 2.18 bits per heavy atom. The summed E-state index contributed by atoms with van der Waals surface area (Å²) in [6.45, 7) is 0. The van der Waals surface area contributed by atoms with E-state index < -0.39 is 11.9 Å². The van der Waals surface area contributed by atoms with Gasteiger partial charge in [0.25, 0.3) is 5.91 Å². The fourth-order valence-corrected chi connectivity index (χ4v) is 1.85. The first-order valence-corrected chi connectivity index (χ1v) is 5.68. The van der Waals surface area contributed by atoms with E-state index >= 15 is 0 Å². The number of amides is 3. The summed E-state index contributed by atoms with van der Waals surface area (Å²) >= 11 is 0. The monoisotopic (exact) mass is 234 g/mol. The molecule has 0 bridgehead atoms. The van der Waals surface area contributed by atoms with Gasteiger partial charge in [0.1, 0.15) is 6.04 Å². The van der Waals surface area contributed by atoms with Gasteiger partial charge >= 0.3 is 0 Å². The number of hydrogen-bond acceptors (Lipinski definition) is 3. The molecule has 0 aromatic rings. The molecule has 90 valence electrons. The molecule has 0 spiro atoms. The largest absolute Gasteiger partial charge is 0.340 e. The number of nitrogens with one attached hydrogen (secondary N) is 2. The maximum atomic E-state index is 11.8. The molecule has 2 rings (SSSR count). The summed E-state index contributed by atoms with van der Waals surface area (Å²) in [5.74, 6) is -0.956. The Hall–Kier alpha value is -1.91. The molecule has 1 atom stereocenters. The normalized spacial score (nSPS) is 24.0. The molecule has 0 aromatic carbocycles. The van der Waals surface area contributed by atoms with Crippen molar-refractivity contribution >= 4 is 17.7 Å². The van der Waals surface area contributed by atoms with Gasteiger partial charge in [-0.3, -0.25) is 19.7 Å². The van der Waals surface area contributed by atoms with Crippen LogP contribution >= 0.6 is 0 Å². The molecule has 17 heavy (non-hydrogen) atoms. The van der Waals surface area contributed by atoms with E-state index in [2.05, 4.69) is 10.6 Å². The van der Waals surface area contributed by atoms with Crippen molar-refractivity contribution in [1.82, 2.24) is 10.6 Å². The summed E-state index contributed by atoms with van der Waals surface area (Å²) in [4.78, 5) is 34.2. The molecule has 0 saturated carbocycles. The van der Waals surface area contributed by atoms with Gasteiger partial charge in [-0.05, 0) is 19.3 Å².